The molecule has 0 aliphatic heterocycles. The first kappa shape index (κ1) is 12.3. The standard InChI is InChI=1S/C12H16BrNO/c1-2-3-4-7-14-9-10-5-6-12(15)11(13)8-10/h2-3,5-6,8,14-15H,4,7,9H2,1H3/b3-2+. The molecule has 0 saturated carbocycles. The highest BCUT2D eigenvalue weighted by Crippen LogP contribution is 2.23. The molecule has 82 valence electrons. The Morgan fingerprint density at radius 1 is 1.47 bits per heavy atom. The number of aromatic hydroxyl groups is 1. The molecule has 2 nitrogen and oxygen atoms in total. The van der Waals surface area contributed by atoms with E-state index >= 15 is 0 Å². The van der Waals surface area contributed by atoms with Gasteiger partial charge in [0.05, 0.1) is 4.47 Å². The van der Waals surface area contributed by atoms with Crippen LogP contribution in [0.4, 0.5) is 0 Å². The van der Waals surface area contributed by atoms with E-state index in [1.165, 1.54) is 5.56 Å². The molecule has 1 aromatic carbocycles. The summed E-state index contributed by atoms with van der Waals surface area (Å²) in [6.07, 6.45) is 5.24. The molecule has 3 heteroatoms. The maximum atomic E-state index is 9.31. The van der Waals surface area contributed by atoms with E-state index in [2.05, 4.69) is 33.4 Å². The van der Waals surface area contributed by atoms with Crippen molar-refractivity contribution in [2.75, 3.05) is 6.54 Å². The molecule has 0 aliphatic rings. The van der Waals surface area contributed by atoms with Crippen LogP contribution in [0.1, 0.15) is 18.9 Å². The molecule has 0 unspecified atom stereocenters. The summed E-state index contributed by atoms with van der Waals surface area (Å²) in [6.45, 7) is 3.83. The molecule has 15 heavy (non-hydrogen) atoms. The van der Waals surface area contributed by atoms with E-state index < -0.39 is 0 Å². The van der Waals surface area contributed by atoms with Crippen LogP contribution < -0.4 is 5.32 Å². The van der Waals surface area contributed by atoms with E-state index in [0.717, 1.165) is 24.0 Å². The summed E-state index contributed by atoms with van der Waals surface area (Å²) in [5.41, 5.74) is 1.17. The first-order valence-corrected chi connectivity index (χ1v) is 5.82. The van der Waals surface area contributed by atoms with Crippen LogP contribution in [0, 0.1) is 0 Å². The average Bonchev–Trinajstić information content (AvgIpc) is 2.23. The van der Waals surface area contributed by atoms with Gasteiger partial charge >= 0.3 is 0 Å². The first-order chi connectivity index (χ1) is 7.24. The third-order valence-corrected chi connectivity index (χ3v) is 2.70. The van der Waals surface area contributed by atoms with Crippen molar-refractivity contribution >= 4 is 15.9 Å². The minimum absolute atomic E-state index is 0.285. The summed E-state index contributed by atoms with van der Waals surface area (Å²) in [5.74, 6) is 0.285. The van der Waals surface area contributed by atoms with Gasteiger partial charge in [-0.25, -0.2) is 0 Å². The van der Waals surface area contributed by atoms with Crippen LogP contribution in [0.2, 0.25) is 0 Å². The molecule has 0 spiro atoms. The Hall–Kier alpha value is -0.800. The predicted molar refractivity (Wildman–Crippen MR) is 66.9 cm³/mol. The Morgan fingerprint density at radius 2 is 2.27 bits per heavy atom. The van der Waals surface area contributed by atoms with E-state index in [9.17, 15) is 5.11 Å². The Morgan fingerprint density at radius 3 is 2.93 bits per heavy atom. The van der Waals surface area contributed by atoms with Gasteiger partial charge in [-0.2, -0.15) is 0 Å². The van der Waals surface area contributed by atoms with Crippen LogP contribution in [0.5, 0.6) is 5.75 Å². The Labute approximate surface area is 99.1 Å². The maximum Gasteiger partial charge on any atom is 0.129 e. The average molecular weight is 270 g/mol. The zero-order valence-corrected chi connectivity index (χ0v) is 10.4. The number of allylic oxidation sites excluding steroid dienone is 1. The Balaban J connectivity index is 2.34. The number of hydrogen-bond donors (Lipinski definition) is 2. The van der Waals surface area contributed by atoms with Gasteiger partial charge in [0, 0.05) is 6.54 Å². The second kappa shape index (κ2) is 6.64. The van der Waals surface area contributed by atoms with Crippen molar-refractivity contribution in [2.45, 2.75) is 19.9 Å². The number of phenols is 1. The van der Waals surface area contributed by atoms with Crippen LogP contribution in [0.15, 0.2) is 34.8 Å². The van der Waals surface area contributed by atoms with Crippen LogP contribution in [0.3, 0.4) is 0 Å². The third kappa shape index (κ3) is 4.49. The minimum atomic E-state index is 0.285. The maximum absolute atomic E-state index is 9.31. The molecule has 0 aliphatic carbocycles. The van der Waals surface area contributed by atoms with Gasteiger partial charge in [-0.1, -0.05) is 18.2 Å². The summed E-state index contributed by atoms with van der Waals surface area (Å²) in [6, 6.07) is 5.55. The van der Waals surface area contributed by atoms with Crippen molar-refractivity contribution in [2.24, 2.45) is 0 Å². The molecular formula is C12H16BrNO. The van der Waals surface area contributed by atoms with E-state index in [1.54, 1.807) is 6.07 Å². The fraction of sp³-hybridized carbons (Fsp3) is 0.333. The lowest BCUT2D eigenvalue weighted by atomic mass is 10.2. The van der Waals surface area contributed by atoms with Gasteiger partial charge in [0.15, 0.2) is 0 Å². The highest BCUT2D eigenvalue weighted by molar-refractivity contribution is 9.10. The molecule has 0 atom stereocenters. The van der Waals surface area contributed by atoms with Crippen LogP contribution in [-0.4, -0.2) is 11.7 Å². The number of halogens is 1. The van der Waals surface area contributed by atoms with Crippen molar-refractivity contribution in [1.29, 1.82) is 0 Å². The summed E-state index contributed by atoms with van der Waals surface area (Å²) in [4.78, 5) is 0. The largest absolute Gasteiger partial charge is 0.507 e. The molecule has 0 heterocycles. The first-order valence-electron chi connectivity index (χ1n) is 5.03. The molecule has 1 aromatic rings. The monoisotopic (exact) mass is 269 g/mol. The summed E-state index contributed by atoms with van der Waals surface area (Å²) >= 11 is 3.29. The number of nitrogens with one attached hydrogen (secondary N) is 1. The lowest BCUT2D eigenvalue weighted by molar-refractivity contribution is 0.471. The number of rotatable bonds is 5. The molecule has 0 radical (unpaired) electrons. The summed E-state index contributed by atoms with van der Waals surface area (Å²) in [7, 11) is 0. The highest BCUT2D eigenvalue weighted by atomic mass is 79.9. The van der Waals surface area contributed by atoms with Gasteiger partial charge in [0.25, 0.3) is 0 Å². The predicted octanol–water partition coefficient (Wildman–Crippen LogP) is 3.21. The second-order valence-corrected chi connectivity index (χ2v) is 4.17. The van der Waals surface area contributed by atoms with Gasteiger partial charge in [-0.05, 0) is 53.5 Å². The van der Waals surface area contributed by atoms with Gasteiger partial charge in [-0.15, -0.1) is 0 Å². The van der Waals surface area contributed by atoms with Crippen LogP contribution in [0.25, 0.3) is 0 Å². The molecule has 0 aromatic heterocycles. The molecule has 0 saturated heterocycles. The Kier molecular flexibility index (Phi) is 5.43. The summed E-state index contributed by atoms with van der Waals surface area (Å²) < 4.78 is 0.746. The number of hydrogen-bond acceptors (Lipinski definition) is 2. The van der Waals surface area contributed by atoms with E-state index in [0.29, 0.717) is 0 Å². The minimum Gasteiger partial charge on any atom is -0.507 e. The molecule has 1 rings (SSSR count). The van der Waals surface area contributed by atoms with Crippen molar-refractivity contribution in [3.8, 4) is 5.75 Å². The van der Waals surface area contributed by atoms with Crippen LogP contribution in [-0.2, 0) is 6.54 Å². The molecule has 0 fully saturated rings. The van der Waals surface area contributed by atoms with Crippen molar-refractivity contribution in [1.82, 2.24) is 5.32 Å². The van der Waals surface area contributed by atoms with E-state index in [-0.39, 0.29) is 5.75 Å². The second-order valence-electron chi connectivity index (χ2n) is 3.32. The normalized spacial score (nSPS) is 11.1. The molecule has 0 bridgehead atoms. The van der Waals surface area contributed by atoms with Gasteiger partial charge in [0.2, 0.25) is 0 Å². The molecule has 2 N–H and O–H groups in total. The number of phenolic OH excluding ortho intramolecular Hbond substituents is 1. The van der Waals surface area contributed by atoms with Gasteiger partial charge in [0.1, 0.15) is 5.75 Å². The SMILES string of the molecule is C/C=C/CCNCc1ccc(O)c(Br)c1. The number of benzene rings is 1. The Bertz CT molecular complexity index is 336. The van der Waals surface area contributed by atoms with Crippen molar-refractivity contribution in [3.05, 3.63) is 40.4 Å². The molecular weight excluding hydrogens is 254 g/mol. The van der Waals surface area contributed by atoms with Gasteiger partial charge < -0.3 is 10.4 Å². The zero-order valence-electron chi connectivity index (χ0n) is 8.83. The highest BCUT2D eigenvalue weighted by Gasteiger charge is 1.98. The quantitative estimate of drug-likeness (QED) is 0.636. The fourth-order valence-corrected chi connectivity index (χ4v) is 1.67. The third-order valence-electron chi connectivity index (χ3n) is 2.06. The lowest BCUT2D eigenvalue weighted by Crippen LogP contribution is -2.13. The lowest BCUT2D eigenvalue weighted by Gasteiger charge is -2.04. The van der Waals surface area contributed by atoms with E-state index in [4.69, 9.17) is 0 Å². The van der Waals surface area contributed by atoms with Crippen molar-refractivity contribution < 1.29 is 5.11 Å². The topological polar surface area (TPSA) is 32.3 Å². The van der Waals surface area contributed by atoms with Gasteiger partial charge in [-0.3, -0.25) is 0 Å². The molecule has 0 amide bonds. The van der Waals surface area contributed by atoms with E-state index in [1.807, 2.05) is 19.1 Å². The summed E-state index contributed by atoms with van der Waals surface area (Å²) in [5, 5.41) is 12.6. The fourth-order valence-electron chi connectivity index (χ4n) is 1.25. The zero-order chi connectivity index (χ0) is 11.1. The van der Waals surface area contributed by atoms with Crippen LogP contribution >= 0.6 is 15.9 Å². The van der Waals surface area contributed by atoms with Crippen molar-refractivity contribution in [3.63, 3.8) is 0 Å². The smallest absolute Gasteiger partial charge is 0.129 e.